The molecule has 110 valence electrons. The third-order valence-corrected chi connectivity index (χ3v) is 3.06. The van der Waals surface area contributed by atoms with Crippen LogP contribution in [0, 0.1) is 0 Å². The van der Waals surface area contributed by atoms with E-state index in [2.05, 4.69) is 25.8 Å². The van der Waals surface area contributed by atoms with Crippen molar-refractivity contribution in [2.24, 2.45) is 0 Å². The maximum Gasteiger partial charge on any atom is 0.357 e. The quantitative estimate of drug-likeness (QED) is 0.718. The summed E-state index contributed by atoms with van der Waals surface area (Å²) in [6.45, 7) is 0. The van der Waals surface area contributed by atoms with E-state index in [4.69, 9.17) is 11.6 Å². The predicted molar refractivity (Wildman–Crippen MR) is 84.1 cm³/mol. The van der Waals surface area contributed by atoms with E-state index in [1.807, 2.05) is 30.3 Å². The van der Waals surface area contributed by atoms with Crippen molar-refractivity contribution >= 4 is 23.2 Å². The van der Waals surface area contributed by atoms with Crippen LogP contribution in [0.5, 0.6) is 0 Å². The van der Waals surface area contributed by atoms with Crippen molar-refractivity contribution in [2.45, 2.75) is 0 Å². The van der Waals surface area contributed by atoms with Crippen LogP contribution in [0.4, 0.5) is 11.6 Å². The van der Waals surface area contributed by atoms with Crippen LogP contribution < -0.4 is 16.5 Å². The standard InChI is InChI=1S/C14H11ClN6O/c15-11-7-4-8-16-12(11)21-9-17-13(18-14(21)22)20-19-10-5-2-1-3-6-10/h1-9,19H,(H,18,20,22). The van der Waals surface area contributed by atoms with Gasteiger partial charge in [-0.25, -0.2) is 19.3 Å². The van der Waals surface area contributed by atoms with Gasteiger partial charge in [0.1, 0.15) is 6.33 Å². The van der Waals surface area contributed by atoms with Gasteiger partial charge in [-0.15, -0.1) is 0 Å². The average Bonchev–Trinajstić information content (AvgIpc) is 2.55. The summed E-state index contributed by atoms with van der Waals surface area (Å²) < 4.78 is 1.18. The van der Waals surface area contributed by atoms with E-state index < -0.39 is 5.69 Å². The van der Waals surface area contributed by atoms with Crippen molar-refractivity contribution in [2.75, 3.05) is 10.9 Å². The predicted octanol–water partition coefficient (Wildman–Crippen LogP) is 2.11. The Balaban J connectivity index is 1.81. The fourth-order valence-electron chi connectivity index (χ4n) is 1.74. The van der Waals surface area contributed by atoms with Crippen LogP contribution >= 0.6 is 11.6 Å². The van der Waals surface area contributed by atoms with E-state index in [0.29, 0.717) is 5.02 Å². The van der Waals surface area contributed by atoms with Gasteiger partial charge in [0.2, 0.25) is 5.95 Å². The number of nitrogens with zero attached hydrogens (tertiary/aromatic N) is 4. The zero-order valence-corrected chi connectivity index (χ0v) is 12.0. The Hall–Kier alpha value is -2.93. The molecule has 0 aliphatic heterocycles. The minimum absolute atomic E-state index is 0.150. The molecular weight excluding hydrogens is 304 g/mol. The largest absolute Gasteiger partial charge is 0.357 e. The first kappa shape index (κ1) is 14.0. The van der Waals surface area contributed by atoms with E-state index in [-0.39, 0.29) is 11.8 Å². The molecule has 0 aliphatic carbocycles. The highest BCUT2D eigenvalue weighted by molar-refractivity contribution is 6.32. The summed E-state index contributed by atoms with van der Waals surface area (Å²) in [6.07, 6.45) is 2.86. The van der Waals surface area contributed by atoms with Crippen molar-refractivity contribution in [1.29, 1.82) is 0 Å². The van der Waals surface area contributed by atoms with E-state index >= 15 is 0 Å². The number of rotatable bonds is 4. The molecule has 3 aromatic rings. The van der Waals surface area contributed by atoms with Gasteiger partial charge in [0.05, 0.1) is 10.7 Å². The Morgan fingerprint density at radius 2 is 1.82 bits per heavy atom. The summed E-state index contributed by atoms with van der Waals surface area (Å²) >= 11 is 6.01. The van der Waals surface area contributed by atoms with Gasteiger partial charge in [-0.2, -0.15) is 4.98 Å². The number of aromatic nitrogens is 4. The molecule has 7 nitrogen and oxygen atoms in total. The molecule has 0 fully saturated rings. The smallest absolute Gasteiger partial charge is 0.298 e. The molecule has 0 atom stereocenters. The van der Waals surface area contributed by atoms with E-state index in [9.17, 15) is 4.79 Å². The van der Waals surface area contributed by atoms with Gasteiger partial charge in [0, 0.05) is 6.20 Å². The normalized spacial score (nSPS) is 10.2. The summed E-state index contributed by atoms with van der Waals surface area (Å²) in [7, 11) is 0. The zero-order chi connectivity index (χ0) is 15.4. The second-order valence-electron chi connectivity index (χ2n) is 4.26. The fourth-order valence-corrected chi connectivity index (χ4v) is 1.96. The minimum Gasteiger partial charge on any atom is -0.298 e. The summed E-state index contributed by atoms with van der Waals surface area (Å²) in [5.41, 5.74) is 5.94. The highest BCUT2D eigenvalue weighted by atomic mass is 35.5. The van der Waals surface area contributed by atoms with Crippen LogP contribution in [0.25, 0.3) is 5.82 Å². The molecule has 22 heavy (non-hydrogen) atoms. The molecule has 3 rings (SSSR count). The molecule has 0 unspecified atom stereocenters. The van der Waals surface area contributed by atoms with Gasteiger partial charge in [-0.3, -0.25) is 10.9 Å². The van der Waals surface area contributed by atoms with Crippen molar-refractivity contribution in [3.05, 3.63) is 70.5 Å². The number of pyridine rings is 1. The number of halogens is 1. The molecule has 0 spiro atoms. The van der Waals surface area contributed by atoms with Gasteiger partial charge in [-0.05, 0) is 24.3 Å². The number of benzene rings is 1. The minimum atomic E-state index is -0.534. The van der Waals surface area contributed by atoms with Crippen molar-refractivity contribution in [3.63, 3.8) is 0 Å². The van der Waals surface area contributed by atoms with Crippen LogP contribution in [0.2, 0.25) is 5.02 Å². The average molecular weight is 315 g/mol. The van der Waals surface area contributed by atoms with Crippen molar-refractivity contribution in [3.8, 4) is 5.82 Å². The lowest BCUT2D eigenvalue weighted by Crippen LogP contribution is -2.25. The Morgan fingerprint density at radius 3 is 2.55 bits per heavy atom. The maximum absolute atomic E-state index is 12.0. The van der Waals surface area contributed by atoms with Crippen LogP contribution in [0.15, 0.2) is 59.8 Å². The highest BCUT2D eigenvalue weighted by Crippen LogP contribution is 2.14. The maximum atomic E-state index is 12.0. The molecule has 8 heteroatoms. The third kappa shape index (κ3) is 3.04. The molecule has 2 heterocycles. The Kier molecular flexibility index (Phi) is 3.97. The third-order valence-electron chi connectivity index (χ3n) is 2.76. The first-order chi connectivity index (χ1) is 10.7. The molecular formula is C14H11ClN6O. The molecule has 2 aromatic heterocycles. The number of nitrogens with one attached hydrogen (secondary N) is 2. The monoisotopic (exact) mass is 314 g/mol. The number of para-hydroxylation sites is 1. The number of hydrogen-bond acceptors (Lipinski definition) is 6. The number of hydrogen-bond donors (Lipinski definition) is 2. The molecule has 0 saturated heterocycles. The van der Waals surface area contributed by atoms with E-state index in [1.165, 1.54) is 17.1 Å². The van der Waals surface area contributed by atoms with Crippen molar-refractivity contribution in [1.82, 2.24) is 19.5 Å². The van der Waals surface area contributed by atoms with E-state index in [0.717, 1.165) is 5.69 Å². The van der Waals surface area contributed by atoms with Gasteiger partial charge in [-0.1, -0.05) is 29.8 Å². The lowest BCUT2D eigenvalue weighted by Gasteiger charge is -2.09. The number of hydrazine groups is 1. The van der Waals surface area contributed by atoms with Crippen LogP contribution in [0.3, 0.4) is 0 Å². The summed E-state index contributed by atoms with van der Waals surface area (Å²) in [5.74, 6) is 0.439. The van der Waals surface area contributed by atoms with Crippen LogP contribution in [-0.2, 0) is 0 Å². The first-order valence-corrected chi connectivity index (χ1v) is 6.75. The molecule has 0 aliphatic rings. The SMILES string of the molecule is O=c1nc(NNc2ccccc2)ncn1-c1ncccc1Cl. The first-order valence-electron chi connectivity index (χ1n) is 6.38. The van der Waals surface area contributed by atoms with Crippen molar-refractivity contribution < 1.29 is 0 Å². The van der Waals surface area contributed by atoms with Gasteiger partial charge in [0.25, 0.3) is 0 Å². The second kappa shape index (κ2) is 6.23. The molecule has 2 N–H and O–H groups in total. The summed E-state index contributed by atoms with van der Waals surface area (Å²) in [4.78, 5) is 24.0. The Morgan fingerprint density at radius 1 is 1.00 bits per heavy atom. The summed E-state index contributed by atoms with van der Waals surface area (Å²) in [5, 5.41) is 0.344. The topological polar surface area (TPSA) is 84.7 Å². The Bertz CT molecular complexity index is 836. The molecule has 0 bridgehead atoms. The van der Waals surface area contributed by atoms with E-state index in [1.54, 1.807) is 12.1 Å². The molecule has 0 saturated carbocycles. The fraction of sp³-hybridized carbons (Fsp3) is 0. The Labute approximate surface area is 130 Å². The molecule has 1 aromatic carbocycles. The van der Waals surface area contributed by atoms with Crippen LogP contribution in [0.1, 0.15) is 0 Å². The zero-order valence-electron chi connectivity index (χ0n) is 11.3. The lowest BCUT2D eigenvalue weighted by atomic mass is 10.3. The lowest BCUT2D eigenvalue weighted by molar-refractivity contribution is 0.838. The number of anilines is 2. The molecule has 0 amide bonds. The van der Waals surface area contributed by atoms with Gasteiger partial charge < -0.3 is 0 Å². The molecule has 0 radical (unpaired) electrons. The second-order valence-corrected chi connectivity index (χ2v) is 4.66. The highest BCUT2D eigenvalue weighted by Gasteiger charge is 2.08. The summed E-state index contributed by atoms with van der Waals surface area (Å²) in [6, 6.07) is 12.7. The van der Waals surface area contributed by atoms with Crippen LogP contribution in [-0.4, -0.2) is 19.5 Å². The van der Waals surface area contributed by atoms with Gasteiger partial charge >= 0.3 is 5.69 Å². The van der Waals surface area contributed by atoms with Gasteiger partial charge in [0.15, 0.2) is 5.82 Å².